The van der Waals surface area contributed by atoms with Crippen LogP contribution in [0.3, 0.4) is 0 Å². The van der Waals surface area contributed by atoms with E-state index in [0.29, 0.717) is 0 Å². The molecule has 0 bridgehead atoms. The zero-order valence-electron chi connectivity index (χ0n) is 16.4. The van der Waals surface area contributed by atoms with Crippen molar-refractivity contribution in [3.05, 3.63) is 47.7 Å². The number of hydrogen-bond acceptors (Lipinski definition) is 6. The molecule has 146 valence electrons. The SMILES string of the molecule is CN(C)/C=C1/C(=O)CN(C(=O)OC(C)(C)C)[C@H]1C(=O)OCc1ccccc1. The van der Waals surface area contributed by atoms with E-state index in [4.69, 9.17) is 9.47 Å². The number of amides is 1. The minimum absolute atomic E-state index is 0.0573. The summed E-state index contributed by atoms with van der Waals surface area (Å²) in [6, 6.07) is 8.07. The summed E-state index contributed by atoms with van der Waals surface area (Å²) in [6.45, 7) is 5.01. The highest BCUT2D eigenvalue weighted by molar-refractivity contribution is 6.09. The smallest absolute Gasteiger partial charge is 0.411 e. The predicted octanol–water partition coefficient (Wildman–Crippen LogP) is 2.36. The van der Waals surface area contributed by atoms with Crippen molar-refractivity contribution >= 4 is 17.8 Å². The van der Waals surface area contributed by atoms with E-state index in [-0.39, 0.29) is 24.5 Å². The minimum Gasteiger partial charge on any atom is -0.459 e. The monoisotopic (exact) mass is 374 g/mol. The lowest BCUT2D eigenvalue weighted by molar-refractivity contribution is -0.149. The van der Waals surface area contributed by atoms with Gasteiger partial charge in [-0.2, -0.15) is 0 Å². The van der Waals surface area contributed by atoms with Crippen molar-refractivity contribution < 1.29 is 23.9 Å². The largest absolute Gasteiger partial charge is 0.459 e. The second-order valence-electron chi connectivity index (χ2n) is 7.58. The second-order valence-corrected chi connectivity index (χ2v) is 7.58. The summed E-state index contributed by atoms with van der Waals surface area (Å²) in [5, 5.41) is 0. The number of ketones is 1. The first-order chi connectivity index (χ1) is 12.6. The number of carbonyl (C=O) groups is 3. The molecule has 1 saturated heterocycles. The molecule has 7 nitrogen and oxygen atoms in total. The van der Waals surface area contributed by atoms with Crippen LogP contribution in [0.1, 0.15) is 26.3 Å². The van der Waals surface area contributed by atoms with Crippen LogP contribution >= 0.6 is 0 Å². The Morgan fingerprint density at radius 2 is 1.85 bits per heavy atom. The Labute approximate surface area is 159 Å². The summed E-state index contributed by atoms with van der Waals surface area (Å²) in [5.74, 6) is -0.972. The Bertz CT molecular complexity index is 734. The van der Waals surface area contributed by atoms with Crippen LogP contribution in [0.2, 0.25) is 0 Å². The fraction of sp³-hybridized carbons (Fsp3) is 0.450. The van der Waals surface area contributed by atoms with Gasteiger partial charge in [0, 0.05) is 25.9 Å². The predicted molar refractivity (Wildman–Crippen MR) is 99.7 cm³/mol. The number of esters is 1. The lowest BCUT2D eigenvalue weighted by atomic mass is 10.1. The van der Waals surface area contributed by atoms with Crippen LogP contribution in [0.5, 0.6) is 0 Å². The molecule has 0 unspecified atom stereocenters. The highest BCUT2D eigenvalue weighted by Crippen LogP contribution is 2.25. The molecular formula is C20H26N2O5. The summed E-state index contributed by atoms with van der Waals surface area (Å²) in [6.07, 6.45) is 0.820. The van der Waals surface area contributed by atoms with E-state index in [0.717, 1.165) is 10.5 Å². The van der Waals surface area contributed by atoms with Crippen LogP contribution in [0.15, 0.2) is 42.1 Å². The van der Waals surface area contributed by atoms with Gasteiger partial charge in [-0.25, -0.2) is 9.59 Å². The molecule has 0 aliphatic carbocycles. The van der Waals surface area contributed by atoms with Crippen LogP contribution in [-0.2, 0) is 25.7 Å². The van der Waals surface area contributed by atoms with Gasteiger partial charge in [-0.3, -0.25) is 9.69 Å². The third-order valence-electron chi connectivity index (χ3n) is 3.71. The van der Waals surface area contributed by atoms with Gasteiger partial charge in [-0.15, -0.1) is 0 Å². The molecule has 1 aromatic rings. The first-order valence-electron chi connectivity index (χ1n) is 8.70. The summed E-state index contributed by atoms with van der Waals surface area (Å²) in [4.78, 5) is 40.5. The quantitative estimate of drug-likeness (QED) is 0.595. The molecule has 0 spiro atoms. The molecule has 27 heavy (non-hydrogen) atoms. The fourth-order valence-corrected chi connectivity index (χ4v) is 2.63. The summed E-state index contributed by atoms with van der Waals surface area (Å²) < 4.78 is 10.7. The molecule has 1 aliphatic rings. The van der Waals surface area contributed by atoms with Gasteiger partial charge in [-0.05, 0) is 26.3 Å². The van der Waals surface area contributed by atoms with E-state index in [1.54, 1.807) is 46.0 Å². The number of nitrogens with zero attached hydrogens (tertiary/aromatic N) is 2. The Kier molecular flexibility index (Phi) is 6.25. The van der Waals surface area contributed by atoms with Crippen LogP contribution in [0.25, 0.3) is 0 Å². The van der Waals surface area contributed by atoms with Gasteiger partial charge in [0.15, 0.2) is 11.8 Å². The van der Waals surface area contributed by atoms with Crippen LogP contribution < -0.4 is 0 Å². The normalized spacial score (nSPS) is 18.6. The number of rotatable bonds is 4. The number of hydrogen-bond donors (Lipinski definition) is 0. The van der Waals surface area contributed by atoms with Crippen molar-refractivity contribution in [1.29, 1.82) is 0 Å². The molecule has 0 N–H and O–H groups in total. The number of Topliss-reactive ketones (excluding diaryl/α,β-unsaturated/α-hetero) is 1. The molecule has 1 amide bonds. The van der Waals surface area contributed by atoms with Crippen molar-refractivity contribution in [1.82, 2.24) is 9.80 Å². The number of carbonyl (C=O) groups excluding carboxylic acids is 3. The Hall–Kier alpha value is -2.83. The third-order valence-corrected chi connectivity index (χ3v) is 3.71. The number of benzene rings is 1. The zero-order valence-corrected chi connectivity index (χ0v) is 16.4. The molecule has 7 heteroatoms. The molecule has 1 atom stereocenters. The van der Waals surface area contributed by atoms with Gasteiger partial charge in [0.05, 0.1) is 6.54 Å². The Morgan fingerprint density at radius 3 is 2.41 bits per heavy atom. The molecule has 0 radical (unpaired) electrons. The maximum absolute atomic E-state index is 12.8. The number of likely N-dealkylation sites (tertiary alicyclic amines) is 1. The maximum atomic E-state index is 12.8. The Morgan fingerprint density at radius 1 is 1.22 bits per heavy atom. The standard InChI is InChI=1S/C20H26N2O5/c1-20(2,3)27-19(25)22-12-16(23)15(11-21(4)5)17(22)18(24)26-13-14-9-7-6-8-10-14/h6-11,17H,12-13H2,1-5H3/b15-11-/t17-/m1/s1. The van der Waals surface area contributed by atoms with E-state index in [1.807, 2.05) is 30.3 Å². The van der Waals surface area contributed by atoms with Crippen molar-refractivity contribution in [2.45, 2.75) is 39.0 Å². The molecule has 0 saturated carbocycles. The average Bonchev–Trinajstić information content (AvgIpc) is 2.88. The molecule has 1 fully saturated rings. The van der Waals surface area contributed by atoms with E-state index in [1.165, 1.54) is 0 Å². The number of ether oxygens (including phenoxy) is 2. The summed E-state index contributed by atoms with van der Waals surface area (Å²) in [5.41, 5.74) is 0.285. The molecule has 1 heterocycles. The maximum Gasteiger partial charge on any atom is 0.411 e. The zero-order chi connectivity index (χ0) is 20.2. The minimum atomic E-state index is -1.13. The first kappa shape index (κ1) is 20.5. The highest BCUT2D eigenvalue weighted by Gasteiger charge is 2.46. The molecule has 1 aromatic carbocycles. The van der Waals surface area contributed by atoms with E-state index in [9.17, 15) is 14.4 Å². The van der Waals surface area contributed by atoms with Crippen LogP contribution in [0.4, 0.5) is 4.79 Å². The van der Waals surface area contributed by atoms with Crippen molar-refractivity contribution in [3.8, 4) is 0 Å². The average molecular weight is 374 g/mol. The molecule has 1 aliphatic heterocycles. The molecular weight excluding hydrogens is 348 g/mol. The fourth-order valence-electron chi connectivity index (χ4n) is 2.63. The lowest BCUT2D eigenvalue weighted by Crippen LogP contribution is -2.44. The molecule has 2 rings (SSSR count). The van der Waals surface area contributed by atoms with Gasteiger partial charge in [0.1, 0.15) is 12.2 Å². The van der Waals surface area contributed by atoms with E-state index < -0.39 is 23.7 Å². The molecule has 0 aromatic heterocycles. The Balaban J connectivity index is 2.24. The van der Waals surface area contributed by atoms with E-state index in [2.05, 4.69) is 0 Å². The van der Waals surface area contributed by atoms with Gasteiger partial charge in [-0.1, -0.05) is 30.3 Å². The first-order valence-corrected chi connectivity index (χ1v) is 8.70. The van der Waals surface area contributed by atoms with Crippen LogP contribution in [-0.4, -0.2) is 59.9 Å². The second kappa shape index (κ2) is 8.24. The van der Waals surface area contributed by atoms with Crippen LogP contribution in [0, 0.1) is 0 Å². The van der Waals surface area contributed by atoms with Gasteiger partial charge in [0.2, 0.25) is 0 Å². The summed E-state index contributed by atoms with van der Waals surface area (Å²) in [7, 11) is 3.48. The van der Waals surface area contributed by atoms with Crippen molar-refractivity contribution in [3.63, 3.8) is 0 Å². The third kappa shape index (κ3) is 5.57. The van der Waals surface area contributed by atoms with Crippen molar-refractivity contribution in [2.75, 3.05) is 20.6 Å². The summed E-state index contributed by atoms with van der Waals surface area (Å²) >= 11 is 0. The van der Waals surface area contributed by atoms with Gasteiger partial charge >= 0.3 is 12.1 Å². The van der Waals surface area contributed by atoms with Gasteiger partial charge < -0.3 is 14.4 Å². The lowest BCUT2D eigenvalue weighted by Gasteiger charge is -2.27. The topological polar surface area (TPSA) is 76.2 Å². The van der Waals surface area contributed by atoms with Crippen molar-refractivity contribution in [2.24, 2.45) is 0 Å². The van der Waals surface area contributed by atoms with Gasteiger partial charge in [0.25, 0.3) is 0 Å². The van der Waals surface area contributed by atoms with E-state index >= 15 is 0 Å². The highest BCUT2D eigenvalue weighted by atomic mass is 16.6.